The van der Waals surface area contributed by atoms with Crippen LogP contribution >= 0.6 is 11.3 Å². The first-order chi connectivity index (χ1) is 12.0. The lowest BCUT2D eigenvalue weighted by Gasteiger charge is -2.19. The molecule has 2 heterocycles. The van der Waals surface area contributed by atoms with Gasteiger partial charge in [-0.3, -0.25) is 9.69 Å². The molecule has 0 saturated carbocycles. The van der Waals surface area contributed by atoms with Crippen LogP contribution in [-0.4, -0.2) is 48.1 Å². The fourth-order valence-electron chi connectivity index (χ4n) is 2.62. The average molecular weight is 358 g/mol. The van der Waals surface area contributed by atoms with Gasteiger partial charge in [-0.15, -0.1) is 0 Å². The summed E-state index contributed by atoms with van der Waals surface area (Å²) in [7, 11) is 4.04. The zero-order valence-corrected chi connectivity index (χ0v) is 15.8. The number of aromatic nitrogens is 2. The molecule has 0 unspecified atom stereocenters. The third-order valence-corrected chi connectivity index (χ3v) is 4.95. The number of hydrogen-bond acceptors (Lipinski definition) is 6. The van der Waals surface area contributed by atoms with Crippen LogP contribution in [0.25, 0.3) is 10.2 Å². The number of hydrogen-bond donors (Lipinski definition) is 0. The lowest BCUT2D eigenvalue weighted by Crippen LogP contribution is -2.33. The minimum absolute atomic E-state index is 0.198. The van der Waals surface area contributed by atoms with Gasteiger partial charge in [0.1, 0.15) is 0 Å². The largest absolute Gasteiger partial charge is 0.351 e. The lowest BCUT2D eigenvalue weighted by molar-refractivity contribution is 0.0950. The molecule has 132 valence electrons. The van der Waals surface area contributed by atoms with Crippen molar-refractivity contribution in [3.8, 4) is 0 Å². The molecule has 1 amide bonds. The Hall–Kier alpha value is -2.25. The Morgan fingerprint density at radius 1 is 1.24 bits per heavy atom. The molecule has 3 rings (SSSR count). The van der Waals surface area contributed by atoms with Gasteiger partial charge in [-0.05, 0) is 52.5 Å². The predicted molar refractivity (Wildman–Crippen MR) is 100 cm³/mol. The predicted octanol–water partition coefficient (Wildman–Crippen LogP) is 3.50. The van der Waals surface area contributed by atoms with Gasteiger partial charge >= 0.3 is 0 Å². The highest BCUT2D eigenvalue weighted by Gasteiger charge is 2.24. The molecule has 6 nitrogen and oxygen atoms in total. The van der Waals surface area contributed by atoms with Crippen molar-refractivity contribution in [3.63, 3.8) is 0 Å². The van der Waals surface area contributed by atoms with Gasteiger partial charge in [0.15, 0.2) is 5.13 Å². The number of amides is 1. The van der Waals surface area contributed by atoms with E-state index in [4.69, 9.17) is 9.51 Å². The molecule has 0 aliphatic heterocycles. The summed E-state index contributed by atoms with van der Waals surface area (Å²) in [4.78, 5) is 21.5. The van der Waals surface area contributed by atoms with E-state index in [9.17, 15) is 4.79 Å². The van der Waals surface area contributed by atoms with Crippen LogP contribution in [-0.2, 0) is 0 Å². The third kappa shape index (κ3) is 3.88. The molecule has 2 aromatic heterocycles. The SMILES string of the molecule is Cc1cc(C(=O)N(CCCN(C)C)c2nc3c(C)cccc3s2)on1. The molecular formula is C18H22N4O2S. The summed E-state index contributed by atoms with van der Waals surface area (Å²) in [5.74, 6) is 0.0504. The molecule has 0 aliphatic carbocycles. The van der Waals surface area contributed by atoms with E-state index in [0.29, 0.717) is 17.4 Å². The van der Waals surface area contributed by atoms with Crippen molar-refractivity contribution in [1.82, 2.24) is 15.0 Å². The molecule has 0 N–H and O–H groups in total. The number of fused-ring (bicyclic) bond motifs is 1. The van der Waals surface area contributed by atoms with Crippen LogP contribution in [0.5, 0.6) is 0 Å². The third-order valence-electron chi connectivity index (χ3n) is 3.91. The van der Waals surface area contributed by atoms with Gasteiger partial charge < -0.3 is 9.42 Å². The molecule has 7 heteroatoms. The monoisotopic (exact) mass is 358 g/mol. The number of para-hydroxylation sites is 1. The van der Waals surface area contributed by atoms with Gasteiger partial charge in [0, 0.05) is 12.6 Å². The second-order valence-electron chi connectivity index (χ2n) is 6.36. The van der Waals surface area contributed by atoms with Crippen molar-refractivity contribution in [3.05, 3.63) is 41.3 Å². The van der Waals surface area contributed by atoms with Crippen LogP contribution in [0.3, 0.4) is 0 Å². The second kappa shape index (κ2) is 7.33. The Morgan fingerprint density at radius 2 is 2.04 bits per heavy atom. The Labute approximate surface area is 151 Å². The maximum Gasteiger partial charge on any atom is 0.298 e. The standard InChI is InChI=1S/C18H22N4O2S/c1-12-7-5-8-15-16(12)19-18(25-15)22(10-6-9-21(3)4)17(23)14-11-13(2)20-24-14/h5,7-8,11H,6,9-10H2,1-4H3. The van der Waals surface area contributed by atoms with Crippen LogP contribution in [0.15, 0.2) is 28.8 Å². The summed E-state index contributed by atoms with van der Waals surface area (Å²) >= 11 is 1.53. The van der Waals surface area contributed by atoms with E-state index >= 15 is 0 Å². The van der Waals surface area contributed by atoms with E-state index in [1.807, 2.05) is 39.2 Å². The van der Waals surface area contributed by atoms with E-state index < -0.39 is 0 Å². The summed E-state index contributed by atoms with van der Waals surface area (Å²) < 4.78 is 6.26. The number of carbonyl (C=O) groups excluding carboxylic acids is 1. The smallest absolute Gasteiger partial charge is 0.298 e. The van der Waals surface area contributed by atoms with E-state index in [-0.39, 0.29) is 11.7 Å². The zero-order chi connectivity index (χ0) is 18.0. The van der Waals surface area contributed by atoms with Crippen LogP contribution in [0, 0.1) is 13.8 Å². The topological polar surface area (TPSA) is 62.5 Å². The van der Waals surface area contributed by atoms with Crippen LogP contribution in [0.1, 0.15) is 28.2 Å². The average Bonchev–Trinajstić information content (AvgIpc) is 3.18. The van der Waals surface area contributed by atoms with Crippen molar-refractivity contribution in [1.29, 1.82) is 0 Å². The highest BCUT2D eigenvalue weighted by atomic mass is 32.1. The summed E-state index contributed by atoms with van der Waals surface area (Å²) in [5, 5.41) is 4.53. The number of rotatable bonds is 6. The van der Waals surface area contributed by atoms with Gasteiger partial charge in [0.2, 0.25) is 5.76 Å². The Bertz CT molecular complexity index is 884. The first kappa shape index (κ1) is 17.6. The minimum Gasteiger partial charge on any atom is -0.351 e. The van der Waals surface area contributed by atoms with Gasteiger partial charge in [0.25, 0.3) is 5.91 Å². The van der Waals surface area contributed by atoms with E-state index in [2.05, 4.69) is 10.1 Å². The van der Waals surface area contributed by atoms with E-state index in [0.717, 1.165) is 28.7 Å². The van der Waals surface area contributed by atoms with Crippen LogP contribution in [0.4, 0.5) is 5.13 Å². The van der Waals surface area contributed by atoms with Gasteiger partial charge in [-0.25, -0.2) is 4.98 Å². The first-order valence-corrected chi connectivity index (χ1v) is 9.03. The number of aryl methyl sites for hydroxylation is 2. The highest BCUT2D eigenvalue weighted by Crippen LogP contribution is 2.31. The Balaban J connectivity index is 1.93. The number of nitrogens with zero attached hydrogens (tertiary/aromatic N) is 4. The molecule has 0 radical (unpaired) electrons. The number of thiazole rings is 1. The van der Waals surface area contributed by atoms with Crippen molar-refractivity contribution in [2.45, 2.75) is 20.3 Å². The zero-order valence-electron chi connectivity index (χ0n) is 14.9. The van der Waals surface area contributed by atoms with Gasteiger partial charge in [-0.1, -0.05) is 28.6 Å². The summed E-state index contributed by atoms with van der Waals surface area (Å²) in [6, 6.07) is 7.74. The summed E-state index contributed by atoms with van der Waals surface area (Å²) in [6.07, 6.45) is 0.848. The molecule has 25 heavy (non-hydrogen) atoms. The van der Waals surface area contributed by atoms with Crippen molar-refractivity contribution in [2.75, 3.05) is 32.1 Å². The maximum absolute atomic E-state index is 12.9. The molecule has 1 aromatic carbocycles. The van der Waals surface area contributed by atoms with Gasteiger partial charge in [0.05, 0.1) is 15.9 Å². The highest BCUT2D eigenvalue weighted by molar-refractivity contribution is 7.22. The molecule has 0 spiro atoms. The minimum atomic E-state index is -0.198. The van der Waals surface area contributed by atoms with Crippen LogP contribution < -0.4 is 4.90 Å². The molecule has 0 aliphatic rings. The van der Waals surface area contributed by atoms with E-state index in [1.165, 1.54) is 11.3 Å². The first-order valence-electron chi connectivity index (χ1n) is 8.22. The fraction of sp³-hybridized carbons (Fsp3) is 0.389. The fourth-order valence-corrected chi connectivity index (χ4v) is 3.68. The van der Waals surface area contributed by atoms with Crippen molar-refractivity contribution >= 4 is 32.6 Å². The number of anilines is 1. The normalized spacial score (nSPS) is 11.4. The molecular weight excluding hydrogens is 336 g/mol. The molecule has 0 saturated heterocycles. The van der Waals surface area contributed by atoms with E-state index in [1.54, 1.807) is 17.9 Å². The Kier molecular flexibility index (Phi) is 5.15. The van der Waals surface area contributed by atoms with Gasteiger partial charge in [-0.2, -0.15) is 0 Å². The number of benzene rings is 1. The Morgan fingerprint density at radius 3 is 2.68 bits per heavy atom. The maximum atomic E-state index is 12.9. The molecule has 3 aromatic rings. The molecule has 0 atom stereocenters. The number of carbonyl (C=O) groups is 1. The second-order valence-corrected chi connectivity index (χ2v) is 7.37. The quantitative estimate of drug-likeness (QED) is 0.675. The summed E-state index contributed by atoms with van der Waals surface area (Å²) in [6.45, 7) is 5.31. The summed E-state index contributed by atoms with van der Waals surface area (Å²) in [5.41, 5.74) is 2.74. The van der Waals surface area contributed by atoms with Crippen molar-refractivity contribution < 1.29 is 9.32 Å². The lowest BCUT2D eigenvalue weighted by atomic mass is 10.2. The van der Waals surface area contributed by atoms with Crippen molar-refractivity contribution in [2.24, 2.45) is 0 Å². The van der Waals surface area contributed by atoms with Crippen LogP contribution in [0.2, 0.25) is 0 Å². The molecule has 0 fully saturated rings. The molecule has 0 bridgehead atoms.